The molecule has 1 N–H and O–H groups in total. The average Bonchev–Trinajstić information content (AvgIpc) is 2.53. The second kappa shape index (κ2) is 10.5. The number of carbonyl (C=O) groups is 2. The summed E-state index contributed by atoms with van der Waals surface area (Å²) in [5.41, 5.74) is 0. The Hall–Kier alpha value is -2.24. The number of hydrogen-bond acceptors (Lipinski definition) is 4. The summed E-state index contributed by atoms with van der Waals surface area (Å²) in [5.74, 6) is 1.80. The lowest BCUT2D eigenvalue weighted by molar-refractivity contribution is -0.130. The quantitative estimate of drug-likeness (QED) is 0.710. The van der Waals surface area contributed by atoms with Crippen molar-refractivity contribution in [2.75, 3.05) is 33.4 Å². The first-order valence-corrected chi connectivity index (χ1v) is 8.21. The molecule has 0 radical (unpaired) electrons. The molecule has 0 atom stereocenters. The molecule has 0 bridgehead atoms. The van der Waals surface area contributed by atoms with Crippen LogP contribution >= 0.6 is 0 Å². The van der Waals surface area contributed by atoms with Gasteiger partial charge >= 0.3 is 0 Å². The number of rotatable bonds is 10. The number of nitrogens with one attached hydrogen (secondary N) is 1. The summed E-state index contributed by atoms with van der Waals surface area (Å²) in [6, 6.07) is 7.29. The van der Waals surface area contributed by atoms with E-state index < -0.39 is 0 Å². The van der Waals surface area contributed by atoms with Crippen LogP contribution in [-0.4, -0.2) is 50.1 Å². The maximum Gasteiger partial charge on any atom is 0.220 e. The molecule has 1 aromatic rings. The van der Waals surface area contributed by atoms with Crippen LogP contribution in [0.5, 0.6) is 11.5 Å². The van der Waals surface area contributed by atoms with Gasteiger partial charge in [0.15, 0.2) is 0 Å². The highest BCUT2D eigenvalue weighted by atomic mass is 16.5. The lowest BCUT2D eigenvalue weighted by Gasteiger charge is -2.21. The number of amides is 2. The van der Waals surface area contributed by atoms with Gasteiger partial charge in [0.1, 0.15) is 18.1 Å². The minimum atomic E-state index is -0.0357. The van der Waals surface area contributed by atoms with Gasteiger partial charge in [0.2, 0.25) is 11.8 Å². The van der Waals surface area contributed by atoms with E-state index in [0.717, 1.165) is 11.5 Å². The minimum Gasteiger partial charge on any atom is -0.497 e. The zero-order valence-corrected chi connectivity index (χ0v) is 15.0. The van der Waals surface area contributed by atoms with Crippen molar-refractivity contribution in [3.05, 3.63) is 24.3 Å². The van der Waals surface area contributed by atoms with Crippen LogP contribution < -0.4 is 14.8 Å². The Morgan fingerprint density at radius 1 is 1.12 bits per heavy atom. The smallest absolute Gasteiger partial charge is 0.220 e. The van der Waals surface area contributed by atoms with E-state index in [9.17, 15) is 9.59 Å². The molecule has 0 aromatic heterocycles. The Morgan fingerprint density at radius 3 is 2.29 bits per heavy atom. The molecule has 1 rings (SSSR count). The third-order valence-electron chi connectivity index (χ3n) is 3.43. The lowest BCUT2D eigenvalue weighted by atomic mass is 10.1. The third kappa shape index (κ3) is 7.85. The van der Waals surface area contributed by atoms with Crippen molar-refractivity contribution in [2.24, 2.45) is 5.92 Å². The Kier molecular flexibility index (Phi) is 8.68. The first-order chi connectivity index (χ1) is 11.4. The van der Waals surface area contributed by atoms with Crippen molar-refractivity contribution < 1.29 is 19.1 Å². The molecule has 0 heterocycles. The molecule has 0 aliphatic heterocycles. The molecular formula is C18H28N2O4. The lowest BCUT2D eigenvalue weighted by Crippen LogP contribution is -2.39. The summed E-state index contributed by atoms with van der Waals surface area (Å²) in [4.78, 5) is 24.9. The number of hydrogen-bond donors (Lipinski definition) is 1. The minimum absolute atomic E-state index is 0.0167. The van der Waals surface area contributed by atoms with Crippen LogP contribution in [-0.2, 0) is 9.59 Å². The summed E-state index contributed by atoms with van der Waals surface area (Å²) in [6.45, 7) is 7.31. The Balaban J connectivity index is 2.32. The molecule has 0 aliphatic carbocycles. The van der Waals surface area contributed by atoms with E-state index >= 15 is 0 Å². The highest BCUT2D eigenvalue weighted by molar-refractivity contribution is 5.76. The topological polar surface area (TPSA) is 67.9 Å². The fraction of sp³-hybridized carbons (Fsp3) is 0.556. The largest absolute Gasteiger partial charge is 0.497 e. The molecule has 0 fully saturated rings. The molecule has 0 saturated heterocycles. The van der Waals surface area contributed by atoms with Crippen LogP contribution in [0.2, 0.25) is 0 Å². The highest BCUT2D eigenvalue weighted by Gasteiger charge is 2.10. The summed E-state index contributed by atoms with van der Waals surface area (Å²) in [5, 5.41) is 2.83. The number of benzene rings is 1. The summed E-state index contributed by atoms with van der Waals surface area (Å²) in [7, 11) is 1.61. The molecule has 6 heteroatoms. The van der Waals surface area contributed by atoms with Crippen molar-refractivity contribution in [2.45, 2.75) is 27.2 Å². The van der Waals surface area contributed by atoms with E-state index in [4.69, 9.17) is 9.47 Å². The average molecular weight is 336 g/mol. The van der Waals surface area contributed by atoms with Gasteiger partial charge in [-0.1, -0.05) is 13.8 Å². The monoisotopic (exact) mass is 336 g/mol. The first kappa shape index (κ1) is 19.8. The van der Waals surface area contributed by atoms with Crippen LogP contribution in [0.4, 0.5) is 0 Å². The van der Waals surface area contributed by atoms with Gasteiger partial charge in [-0.25, -0.2) is 0 Å². The van der Waals surface area contributed by atoms with Gasteiger partial charge in [0, 0.05) is 26.4 Å². The van der Waals surface area contributed by atoms with Crippen LogP contribution in [0.15, 0.2) is 24.3 Å². The predicted octanol–water partition coefficient (Wildman–Crippen LogP) is 2.08. The second-order valence-corrected chi connectivity index (χ2v) is 5.98. The van der Waals surface area contributed by atoms with E-state index in [0.29, 0.717) is 38.6 Å². The van der Waals surface area contributed by atoms with Gasteiger partial charge in [0.05, 0.1) is 13.7 Å². The number of nitrogens with zero attached hydrogens (tertiary/aromatic N) is 1. The first-order valence-electron chi connectivity index (χ1n) is 8.21. The van der Waals surface area contributed by atoms with Gasteiger partial charge < -0.3 is 19.7 Å². The zero-order valence-electron chi connectivity index (χ0n) is 15.0. The molecule has 24 heavy (non-hydrogen) atoms. The fourth-order valence-electron chi connectivity index (χ4n) is 2.15. The molecule has 1 aromatic carbocycles. The van der Waals surface area contributed by atoms with Gasteiger partial charge in [-0.05, 0) is 30.2 Å². The number of ether oxygens (including phenoxy) is 2. The molecular weight excluding hydrogens is 308 g/mol. The second-order valence-electron chi connectivity index (χ2n) is 5.98. The Morgan fingerprint density at radius 2 is 1.75 bits per heavy atom. The van der Waals surface area contributed by atoms with Crippen molar-refractivity contribution in [1.82, 2.24) is 10.2 Å². The highest BCUT2D eigenvalue weighted by Crippen LogP contribution is 2.16. The molecule has 2 amide bonds. The van der Waals surface area contributed by atoms with E-state index in [-0.39, 0.29) is 11.8 Å². The van der Waals surface area contributed by atoms with Crippen molar-refractivity contribution in [1.29, 1.82) is 0 Å². The van der Waals surface area contributed by atoms with Gasteiger partial charge in [-0.2, -0.15) is 0 Å². The number of methoxy groups -OCH3 is 1. The van der Waals surface area contributed by atoms with Crippen molar-refractivity contribution in [3.8, 4) is 11.5 Å². The third-order valence-corrected chi connectivity index (χ3v) is 3.43. The Labute approximate surface area is 144 Å². The molecule has 0 spiro atoms. The molecule has 6 nitrogen and oxygen atoms in total. The van der Waals surface area contributed by atoms with Gasteiger partial charge in [-0.3, -0.25) is 9.59 Å². The normalized spacial score (nSPS) is 10.4. The van der Waals surface area contributed by atoms with Crippen LogP contribution in [0.25, 0.3) is 0 Å². The van der Waals surface area contributed by atoms with E-state index in [1.165, 1.54) is 6.92 Å². The Bertz CT molecular complexity index is 514. The van der Waals surface area contributed by atoms with E-state index in [1.54, 1.807) is 12.0 Å². The van der Waals surface area contributed by atoms with Gasteiger partial charge in [-0.15, -0.1) is 0 Å². The van der Waals surface area contributed by atoms with Crippen LogP contribution in [0.3, 0.4) is 0 Å². The summed E-state index contributed by atoms with van der Waals surface area (Å²) in [6.07, 6.45) is 0.501. The van der Waals surface area contributed by atoms with Crippen LogP contribution in [0, 0.1) is 5.92 Å². The standard InChI is InChI=1S/C18H28N2O4/c1-14(2)13-18(22)19-9-10-20(15(3)21)11-12-24-17-7-5-16(23-4)6-8-17/h5-8,14H,9-13H2,1-4H3,(H,19,22). The molecule has 0 aliphatic rings. The van der Waals surface area contributed by atoms with Crippen molar-refractivity contribution in [3.63, 3.8) is 0 Å². The molecule has 0 unspecified atom stereocenters. The fourth-order valence-corrected chi connectivity index (χ4v) is 2.15. The van der Waals surface area contributed by atoms with E-state index in [1.807, 2.05) is 38.1 Å². The maximum atomic E-state index is 11.7. The van der Waals surface area contributed by atoms with Crippen molar-refractivity contribution >= 4 is 11.8 Å². The summed E-state index contributed by atoms with van der Waals surface area (Å²) >= 11 is 0. The SMILES string of the molecule is COc1ccc(OCCN(CCNC(=O)CC(C)C)C(C)=O)cc1. The van der Waals surface area contributed by atoms with Crippen LogP contribution in [0.1, 0.15) is 27.2 Å². The maximum absolute atomic E-state index is 11.7. The zero-order chi connectivity index (χ0) is 17.9. The predicted molar refractivity (Wildman–Crippen MR) is 93.2 cm³/mol. The summed E-state index contributed by atoms with van der Waals surface area (Å²) < 4.78 is 10.7. The molecule has 0 saturated carbocycles. The van der Waals surface area contributed by atoms with E-state index in [2.05, 4.69) is 5.32 Å². The van der Waals surface area contributed by atoms with Gasteiger partial charge in [0.25, 0.3) is 0 Å². The number of carbonyl (C=O) groups excluding carboxylic acids is 2. The molecule has 134 valence electrons.